The molecule has 180 valence electrons. The van der Waals surface area contributed by atoms with Gasteiger partial charge in [-0.2, -0.15) is 0 Å². The molecule has 1 amide bonds. The van der Waals surface area contributed by atoms with Gasteiger partial charge in [-0.1, -0.05) is 12.8 Å². The Labute approximate surface area is 194 Å². The zero-order valence-electron chi connectivity index (χ0n) is 19.6. The summed E-state index contributed by atoms with van der Waals surface area (Å²) in [6, 6.07) is 7.38. The molecule has 4 rings (SSSR count). The molecule has 1 aliphatic heterocycles. The second-order valence-corrected chi connectivity index (χ2v) is 8.94. The predicted molar refractivity (Wildman–Crippen MR) is 122 cm³/mol. The summed E-state index contributed by atoms with van der Waals surface area (Å²) in [5.74, 6) is 2.31. The minimum absolute atomic E-state index is 0.0145. The molecule has 0 unspecified atom stereocenters. The minimum Gasteiger partial charge on any atom is -0.493 e. The largest absolute Gasteiger partial charge is 0.493 e. The summed E-state index contributed by atoms with van der Waals surface area (Å²) in [6.07, 6.45) is 6.03. The highest BCUT2D eigenvalue weighted by molar-refractivity contribution is 5.78. The van der Waals surface area contributed by atoms with E-state index in [9.17, 15) is 9.90 Å². The number of piperidine rings is 1. The van der Waals surface area contributed by atoms with Gasteiger partial charge in [-0.3, -0.25) is 9.69 Å². The number of amides is 1. The van der Waals surface area contributed by atoms with Gasteiger partial charge in [0.05, 0.1) is 46.3 Å². The standard InChI is InChI=1S/C25H34N2O6/c1-30-20-13-17(14-21(31-2)24(20)32-3)23-19-8-4-5-9-25(19,29)10-11-27(23)16-22(28)26-15-18-7-6-12-33-18/h6-7,12-14,19,23,29H,4-5,8-11,15-16H2,1-3H3,(H,26,28)/t19-,23+,25+/m1/s1. The Hall–Kier alpha value is -2.71. The van der Waals surface area contributed by atoms with E-state index in [0.717, 1.165) is 31.2 Å². The number of nitrogens with one attached hydrogen (secondary N) is 1. The summed E-state index contributed by atoms with van der Waals surface area (Å²) in [4.78, 5) is 15.0. The van der Waals surface area contributed by atoms with Crippen molar-refractivity contribution < 1.29 is 28.5 Å². The van der Waals surface area contributed by atoms with Gasteiger partial charge in [0.2, 0.25) is 11.7 Å². The van der Waals surface area contributed by atoms with Crippen LogP contribution in [0.5, 0.6) is 17.2 Å². The van der Waals surface area contributed by atoms with Gasteiger partial charge in [0.1, 0.15) is 5.76 Å². The molecule has 2 heterocycles. The van der Waals surface area contributed by atoms with Gasteiger partial charge in [0.25, 0.3) is 0 Å². The summed E-state index contributed by atoms with van der Waals surface area (Å²) in [6.45, 7) is 1.21. The molecule has 0 spiro atoms. The first-order chi connectivity index (χ1) is 16.0. The van der Waals surface area contributed by atoms with Crippen LogP contribution in [0, 0.1) is 5.92 Å². The Balaban J connectivity index is 1.64. The summed E-state index contributed by atoms with van der Waals surface area (Å²) in [5.41, 5.74) is 0.220. The number of aliphatic hydroxyl groups is 1. The fourth-order valence-electron chi connectivity index (χ4n) is 5.47. The molecule has 8 heteroatoms. The molecule has 1 saturated heterocycles. The highest BCUT2D eigenvalue weighted by atomic mass is 16.5. The third kappa shape index (κ3) is 4.82. The van der Waals surface area contributed by atoms with E-state index in [1.165, 1.54) is 0 Å². The van der Waals surface area contributed by atoms with E-state index in [2.05, 4.69) is 10.2 Å². The first kappa shape index (κ1) is 23.4. The topological polar surface area (TPSA) is 93.4 Å². The first-order valence-corrected chi connectivity index (χ1v) is 11.5. The molecule has 2 fully saturated rings. The van der Waals surface area contributed by atoms with Crippen LogP contribution < -0.4 is 19.5 Å². The fraction of sp³-hybridized carbons (Fsp3) is 0.560. The average Bonchev–Trinajstić information content (AvgIpc) is 3.35. The van der Waals surface area contributed by atoms with Crippen molar-refractivity contribution in [3.05, 3.63) is 41.9 Å². The molecule has 0 radical (unpaired) electrons. The summed E-state index contributed by atoms with van der Waals surface area (Å²) < 4.78 is 22.0. The number of nitrogens with zero attached hydrogens (tertiary/aromatic N) is 1. The van der Waals surface area contributed by atoms with E-state index in [0.29, 0.717) is 42.5 Å². The van der Waals surface area contributed by atoms with Crippen molar-refractivity contribution in [1.29, 1.82) is 0 Å². The molecule has 2 aliphatic rings. The number of hydrogen-bond acceptors (Lipinski definition) is 7. The van der Waals surface area contributed by atoms with Gasteiger partial charge < -0.3 is 29.1 Å². The van der Waals surface area contributed by atoms with E-state index < -0.39 is 5.60 Å². The monoisotopic (exact) mass is 458 g/mol. The number of benzene rings is 1. The minimum atomic E-state index is -0.732. The van der Waals surface area contributed by atoms with E-state index in [4.69, 9.17) is 18.6 Å². The predicted octanol–water partition coefficient (Wildman–Crippen LogP) is 3.29. The van der Waals surface area contributed by atoms with Gasteiger partial charge in [-0.15, -0.1) is 0 Å². The van der Waals surface area contributed by atoms with Crippen LogP contribution in [0.2, 0.25) is 0 Å². The molecule has 1 aromatic heterocycles. The van der Waals surface area contributed by atoms with E-state index in [1.54, 1.807) is 33.7 Å². The number of hydrogen-bond donors (Lipinski definition) is 2. The Morgan fingerprint density at radius 2 is 1.94 bits per heavy atom. The Kier molecular flexibility index (Phi) is 7.14. The van der Waals surface area contributed by atoms with Crippen molar-refractivity contribution >= 4 is 5.91 Å². The lowest BCUT2D eigenvalue weighted by Crippen LogP contribution is -2.56. The number of methoxy groups -OCH3 is 3. The summed E-state index contributed by atoms with van der Waals surface area (Å²) >= 11 is 0. The highest BCUT2D eigenvalue weighted by Crippen LogP contribution is 2.51. The van der Waals surface area contributed by atoms with Crippen LogP contribution in [-0.4, -0.2) is 55.9 Å². The lowest BCUT2D eigenvalue weighted by molar-refractivity contribution is -0.138. The molecule has 1 aromatic carbocycles. The van der Waals surface area contributed by atoms with E-state index >= 15 is 0 Å². The van der Waals surface area contributed by atoms with Gasteiger partial charge in [-0.05, 0) is 49.1 Å². The second-order valence-electron chi connectivity index (χ2n) is 8.94. The second kappa shape index (κ2) is 10.1. The van der Waals surface area contributed by atoms with Crippen LogP contribution in [0.4, 0.5) is 0 Å². The third-order valence-corrected chi connectivity index (χ3v) is 7.09. The molecule has 8 nitrogen and oxygen atoms in total. The lowest BCUT2D eigenvalue weighted by atomic mass is 9.66. The number of carbonyl (C=O) groups is 1. The maximum absolute atomic E-state index is 12.8. The van der Waals surface area contributed by atoms with E-state index in [1.807, 2.05) is 18.2 Å². The number of rotatable bonds is 8. The van der Waals surface area contributed by atoms with Crippen molar-refractivity contribution in [2.45, 2.75) is 50.3 Å². The van der Waals surface area contributed by atoms with Crippen LogP contribution in [0.1, 0.15) is 49.5 Å². The Morgan fingerprint density at radius 3 is 2.58 bits per heavy atom. The number of ether oxygens (including phenoxy) is 3. The van der Waals surface area contributed by atoms with Gasteiger partial charge in [0.15, 0.2) is 11.5 Å². The smallest absolute Gasteiger partial charge is 0.234 e. The lowest BCUT2D eigenvalue weighted by Gasteiger charge is -2.52. The average molecular weight is 459 g/mol. The van der Waals surface area contributed by atoms with Crippen molar-refractivity contribution in [2.75, 3.05) is 34.4 Å². The number of likely N-dealkylation sites (tertiary alicyclic amines) is 1. The van der Waals surface area contributed by atoms with Gasteiger partial charge in [-0.25, -0.2) is 0 Å². The van der Waals surface area contributed by atoms with Crippen molar-refractivity contribution in [3.8, 4) is 17.2 Å². The molecule has 3 atom stereocenters. The van der Waals surface area contributed by atoms with Crippen LogP contribution in [-0.2, 0) is 11.3 Å². The molecule has 2 N–H and O–H groups in total. The molecule has 2 aromatic rings. The van der Waals surface area contributed by atoms with E-state index in [-0.39, 0.29) is 24.4 Å². The van der Waals surface area contributed by atoms with Crippen molar-refractivity contribution in [2.24, 2.45) is 5.92 Å². The Bertz CT molecular complexity index is 921. The molecule has 0 bridgehead atoms. The van der Waals surface area contributed by atoms with Gasteiger partial charge in [0, 0.05) is 18.5 Å². The molecular weight excluding hydrogens is 424 g/mol. The zero-order chi connectivity index (χ0) is 23.4. The summed E-state index contributed by atoms with van der Waals surface area (Å²) in [7, 11) is 4.77. The van der Waals surface area contributed by atoms with Crippen molar-refractivity contribution in [1.82, 2.24) is 10.2 Å². The molecule has 1 aliphatic carbocycles. The number of furan rings is 1. The highest BCUT2D eigenvalue weighted by Gasteiger charge is 2.49. The van der Waals surface area contributed by atoms with Crippen LogP contribution >= 0.6 is 0 Å². The number of fused-ring (bicyclic) bond motifs is 1. The fourth-order valence-corrected chi connectivity index (χ4v) is 5.47. The van der Waals surface area contributed by atoms with Gasteiger partial charge >= 0.3 is 0 Å². The van der Waals surface area contributed by atoms with Crippen molar-refractivity contribution in [3.63, 3.8) is 0 Å². The SMILES string of the molecule is COc1cc([C@H]2[C@H]3CCCC[C@]3(O)CCN2CC(=O)NCc2ccco2)cc(OC)c1OC. The molecule has 1 saturated carbocycles. The molecular formula is C25H34N2O6. The third-order valence-electron chi connectivity index (χ3n) is 7.09. The first-order valence-electron chi connectivity index (χ1n) is 11.5. The number of carbonyl (C=O) groups excluding carboxylic acids is 1. The maximum atomic E-state index is 12.8. The summed E-state index contributed by atoms with van der Waals surface area (Å²) in [5, 5.41) is 14.5. The van der Waals surface area contributed by atoms with Crippen LogP contribution in [0.25, 0.3) is 0 Å². The Morgan fingerprint density at radius 1 is 1.18 bits per heavy atom. The quantitative estimate of drug-likeness (QED) is 0.627. The van der Waals surface area contributed by atoms with Crippen LogP contribution in [0.3, 0.4) is 0 Å². The zero-order valence-corrected chi connectivity index (χ0v) is 19.6. The maximum Gasteiger partial charge on any atom is 0.234 e. The normalized spacial score (nSPS) is 25.2. The van der Waals surface area contributed by atoms with Crippen LogP contribution in [0.15, 0.2) is 34.9 Å². The molecule has 33 heavy (non-hydrogen) atoms.